The third-order valence-electron chi connectivity index (χ3n) is 6.23. The molecule has 0 unspecified atom stereocenters. The summed E-state index contributed by atoms with van der Waals surface area (Å²) in [5.74, 6) is 0.452. The Morgan fingerprint density at radius 1 is 1.23 bits per heavy atom. The number of fused-ring (bicyclic) bond motifs is 1. The molecule has 2 aromatic rings. The maximum Gasteiger partial charge on any atom is 0.259 e. The van der Waals surface area contributed by atoms with Crippen molar-refractivity contribution in [1.82, 2.24) is 20.4 Å². The molecule has 2 aromatic heterocycles. The van der Waals surface area contributed by atoms with Gasteiger partial charge in [0.1, 0.15) is 0 Å². The number of carbonyl (C=O) groups is 1. The fraction of sp³-hybridized carbons (Fsp3) is 0.708. The van der Waals surface area contributed by atoms with Gasteiger partial charge in [0.15, 0.2) is 0 Å². The topological polar surface area (TPSA) is 71.3 Å². The number of carbonyl (C=O) groups excluding carboxylic acids is 1. The number of pyridine rings is 1. The van der Waals surface area contributed by atoms with Gasteiger partial charge >= 0.3 is 0 Å². The number of nitrogens with one attached hydrogen (secondary N) is 1. The molecule has 164 valence electrons. The summed E-state index contributed by atoms with van der Waals surface area (Å²) in [5, 5.41) is 8.41. The highest BCUT2D eigenvalue weighted by Crippen LogP contribution is 2.41. The average Bonchev–Trinajstić information content (AvgIpc) is 3.48. The van der Waals surface area contributed by atoms with Crippen molar-refractivity contribution in [2.75, 3.05) is 19.6 Å². The molecule has 0 spiro atoms. The van der Waals surface area contributed by atoms with Crippen LogP contribution in [0.25, 0.3) is 11.1 Å². The van der Waals surface area contributed by atoms with E-state index in [4.69, 9.17) is 9.51 Å². The molecule has 0 aromatic carbocycles. The summed E-state index contributed by atoms with van der Waals surface area (Å²) in [6.07, 6.45) is 7.53. The van der Waals surface area contributed by atoms with E-state index in [0.29, 0.717) is 17.2 Å². The second kappa shape index (κ2) is 8.66. The van der Waals surface area contributed by atoms with E-state index >= 15 is 0 Å². The van der Waals surface area contributed by atoms with Crippen LogP contribution in [0.3, 0.4) is 0 Å². The maximum absolute atomic E-state index is 13.4. The lowest BCUT2D eigenvalue weighted by atomic mass is 9.89. The zero-order valence-corrected chi connectivity index (χ0v) is 19.0. The average molecular weight is 413 g/mol. The van der Waals surface area contributed by atoms with Crippen molar-refractivity contribution in [3.63, 3.8) is 0 Å². The lowest BCUT2D eigenvalue weighted by Gasteiger charge is -2.32. The molecule has 2 aliphatic rings. The molecular weight excluding hydrogens is 376 g/mol. The number of hydrogen-bond donors (Lipinski definition) is 1. The Kier molecular flexibility index (Phi) is 6.14. The summed E-state index contributed by atoms with van der Waals surface area (Å²) in [6, 6.07) is 2.23. The van der Waals surface area contributed by atoms with Crippen LogP contribution in [-0.2, 0) is 6.42 Å². The van der Waals surface area contributed by atoms with Gasteiger partial charge in [0.25, 0.3) is 11.6 Å². The molecule has 1 saturated carbocycles. The third-order valence-corrected chi connectivity index (χ3v) is 6.23. The van der Waals surface area contributed by atoms with Crippen molar-refractivity contribution in [2.45, 2.75) is 84.6 Å². The fourth-order valence-electron chi connectivity index (χ4n) is 4.37. The van der Waals surface area contributed by atoms with E-state index in [2.05, 4.69) is 43.1 Å². The van der Waals surface area contributed by atoms with Gasteiger partial charge in [-0.15, -0.1) is 0 Å². The second-order valence-corrected chi connectivity index (χ2v) is 10.4. The van der Waals surface area contributed by atoms with Crippen molar-refractivity contribution in [1.29, 1.82) is 0 Å². The summed E-state index contributed by atoms with van der Waals surface area (Å²) in [5.41, 5.74) is 3.07. The van der Waals surface area contributed by atoms with E-state index in [9.17, 15) is 4.79 Å². The molecule has 1 N–H and O–H groups in total. The number of hydrogen-bond acceptors (Lipinski definition) is 5. The molecule has 0 bridgehead atoms. The zero-order chi connectivity index (χ0) is 21.3. The summed E-state index contributed by atoms with van der Waals surface area (Å²) in [4.78, 5) is 20.6. The van der Waals surface area contributed by atoms with E-state index in [-0.39, 0.29) is 17.4 Å². The van der Waals surface area contributed by atoms with Crippen LogP contribution in [0, 0.1) is 5.41 Å². The van der Waals surface area contributed by atoms with Gasteiger partial charge in [-0.2, -0.15) is 0 Å². The molecule has 6 nitrogen and oxygen atoms in total. The van der Waals surface area contributed by atoms with Crippen molar-refractivity contribution in [3.8, 4) is 0 Å². The van der Waals surface area contributed by atoms with Crippen LogP contribution in [-0.4, -0.2) is 46.6 Å². The van der Waals surface area contributed by atoms with E-state index < -0.39 is 0 Å². The first-order valence-corrected chi connectivity index (χ1v) is 11.7. The molecule has 1 aliphatic heterocycles. The van der Waals surface area contributed by atoms with E-state index in [1.54, 1.807) is 0 Å². The van der Waals surface area contributed by atoms with Crippen LogP contribution < -0.4 is 5.32 Å². The molecule has 1 saturated heterocycles. The summed E-state index contributed by atoms with van der Waals surface area (Å²) in [6.45, 7) is 12.0. The number of piperidine rings is 1. The summed E-state index contributed by atoms with van der Waals surface area (Å²) >= 11 is 0. The molecule has 4 rings (SSSR count). The second-order valence-electron chi connectivity index (χ2n) is 10.4. The lowest BCUT2D eigenvalue weighted by Crippen LogP contribution is -2.44. The highest BCUT2D eigenvalue weighted by Gasteiger charge is 2.30. The number of amides is 1. The monoisotopic (exact) mass is 412 g/mol. The molecule has 0 radical (unpaired) electrons. The van der Waals surface area contributed by atoms with Crippen LogP contribution in [0.2, 0.25) is 0 Å². The SMILES string of the molecule is CCCCN1CCC(NC(=O)c2cc(C3CC3)nc3onc(CC(C)(C)C)c23)CC1. The minimum absolute atomic E-state index is 0.00494. The lowest BCUT2D eigenvalue weighted by molar-refractivity contribution is 0.0912. The Bertz CT molecular complexity index is 886. The normalized spacial score (nSPS) is 18.8. The first-order chi connectivity index (χ1) is 14.3. The standard InChI is InChI=1S/C24H36N4O2/c1-5-6-11-28-12-9-17(10-13-28)25-22(29)18-14-19(16-7-8-16)26-23-21(18)20(27-30-23)15-24(2,3)4/h14,16-17H,5-13,15H2,1-4H3,(H,25,29). The van der Waals surface area contributed by atoms with Gasteiger partial charge in [0.05, 0.1) is 16.6 Å². The molecule has 1 amide bonds. The summed E-state index contributed by atoms with van der Waals surface area (Å²) in [7, 11) is 0. The van der Waals surface area contributed by atoms with Crippen LogP contribution >= 0.6 is 0 Å². The van der Waals surface area contributed by atoms with Crippen molar-refractivity contribution >= 4 is 17.0 Å². The van der Waals surface area contributed by atoms with Crippen LogP contribution in [0.5, 0.6) is 0 Å². The quantitative estimate of drug-likeness (QED) is 0.715. The predicted molar refractivity (Wildman–Crippen MR) is 119 cm³/mol. The summed E-state index contributed by atoms with van der Waals surface area (Å²) < 4.78 is 5.60. The molecule has 30 heavy (non-hydrogen) atoms. The Labute approximate surface area is 179 Å². The van der Waals surface area contributed by atoms with E-state index in [1.165, 1.54) is 19.4 Å². The molecule has 2 fully saturated rings. The van der Waals surface area contributed by atoms with Gasteiger partial charge in [-0.1, -0.05) is 39.3 Å². The minimum Gasteiger partial charge on any atom is -0.349 e. The van der Waals surface area contributed by atoms with Gasteiger partial charge in [0, 0.05) is 30.7 Å². The van der Waals surface area contributed by atoms with Gasteiger partial charge in [-0.3, -0.25) is 4.79 Å². The molecule has 6 heteroatoms. The van der Waals surface area contributed by atoms with Gasteiger partial charge < -0.3 is 14.7 Å². The van der Waals surface area contributed by atoms with Crippen molar-refractivity contribution < 1.29 is 9.32 Å². The molecular formula is C24H36N4O2. The molecule has 0 atom stereocenters. The number of likely N-dealkylation sites (tertiary alicyclic amines) is 1. The highest BCUT2D eigenvalue weighted by atomic mass is 16.5. The zero-order valence-electron chi connectivity index (χ0n) is 19.0. The van der Waals surface area contributed by atoms with E-state index in [1.807, 2.05) is 6.07 Å². The Balaban J connectivity index is 1.54. The van der Waals surface area contributed by atoms with Crippen LogP contribution in [0.4, 0.5) is 0 Å². The first kappa shape index (κ1) is 21.3. The Morgan fingerprint density at radius 2 is 1.97 bits per heavy atom. The number of unbranched alkanes of at least 4 members (excludes halogenated alkanes) is 1. The fourth-order valence-corrected chi connectivity index (χ4v) is 4.37. The maximum atomic E-state index is 13.4. The number of nitrogens with zero attached hydrogens (tertiary/aromatic N) is 3. The van der Waals surface area contributed by atoms with Gasteiger partial charge in [0.2, 0.25) is 0 Å². The minimum atomic E-state index is -0.00494. The molecule has 1 aliphatic carbocycles. The Hall–Kier alpha value is -1.95. The van der Waals surface area contributed by atoms with Crippen molar-refractivity contribution in [3.05, 3.63) is 23.0 Å². The highest BCUT2D eigenvalue weighted by molar-refractivity contribution is 6.06. The van der Waals surface area contributed by atoms with Crippen LogP contribution in [0.15, 0.2) is 10.6 Å². The predicted octanol–water partition coefficient (Wildman–Crippen LogP) is 4.68. The van der Waals surface area contributed by atoms with Crippen LogP contribution in [0.1, 0.15) is 93.9 Å². The van der Waals surface area contributed by atoms with E-state index in [0.717, 1.165) is 62.0 Å². The van der Waals surface area contributed by atoms with Gasteiger partial charge in [-0.05, 0) is 56.6 Å². The third kappa shape index (κ3) is 5.02. The number of rotatable bonds is 7. The smallest absolute Gasteiger partial charge is 0.259 e. The largest absolute Gasteiger partial charge is 0.349 e. The Morgan fingerprint density at radius 3 is 2.60 bits per heavy atom. The van der Waals surface area contributed by atoms with Gasteiger partial charge in [-0.25, -0.2) is 4.98 Å². The number of aromatic nitrogens is 2. The van der Waals surface area contributed by atoms with Crippen molar-refractivity contribution in [2.24, 2.45) is 5.41 Å². The first-order valence-electron chi connectivity index (χ1n) is 11.7. The molecule has 3 heterocycles.